The molecule has 86 valence electrons. The van der Waals surface area contributed by atoms with Crippen LogP contribution in [-0.4, -0.2) is 0 Å². The van der Waals surface area contributed by atoms with Gasteiger partial charge in [-0.1, -0.05) is 33.3 Å². The summed E-state index contributed by atoms with van der Waals surface area (Å²) in [6.45, 7) is 9.13. The minimum atomic E-state index is 0.225. The molecule has 0 aromatic carbocycles. The Kier molecular flexibility index (Phi) is 4.01. The molecule has 1 atom stereocenters. The van der Waals surface area contributed by atoms with Crippen LogP contribution in [0.2, 0.25) is 0 Å². The van der Waals surface area contributed by atoms with Gasteiger partial charge in [-0.2, -0.15) is 0 Å². The van der Waals surface area contributed by atoms with Gasteiger partial charge >= 0.3 is 0 Å². The van der Waals surface area contributed by atoms with Gasteiger partial charge in [0.2, 0.25) is 0 Å². The van der Waals surface area contributed by atoms with Gasteiger partial charge in [0.05, 0.1) is 0 Å². The highest BCUT2D eigenvalue weighted by Gasteiger charge is 2.26. The molecule has 1 fully saturated rings. The molecule has 1 saturated carbocycles. The summed E-state index contributed by atoms with van der Waals surface area (Å²) in [5.74, 6) is 0.801. The van der Waals surface area contributed by atoms with Crippen molar-refractivity contribution in [2.24, 2.45) is 17.1 Å². The molecule has 0 aromatic heterocycles. The first-order valence-corrected chi connectivity index (χ1v) is 6.12. The zero-order valence-corrected chi connectivity index (χ0v) is 10.6. The molecule has 1 rings (SSSR count). The van der Waals surface area contributed by atoms with Crippen LogP contribution in [0.25, 0.3) is 0 Å². The lowest BCUT2D eigenvalue weighted by Crippen LogP contribution is -2.13. The number of hydrogen-bond acceptors (Lipinski definition) is 1. The third-order valence-corrected chi connectivity index (χ3v) is 3.40. The maximum Gasteiger partial charge on any atom is -0.00594 e. The van der Waals surface area contributed by atoms with Gasteiger partial charge in [0.25, 0.3) is 0 Å². The van der Waals surface area contributed by atoms with Crippen LogP contribution < -0.4 is 5.73 Å². The summed E-state index contributed by atoms with van der Waals surface area (Å²) in [6.07, 6.45) is 9.07. The fraction of sp³-hybridized carbons (Fsp3) is 0.714. The molecule has 0 bridgehead atoms. The molecule has 0 aliphatic heterocycles. The molecule has 0 aromatic rings. The Morgan fingerprint density at radius 1 is 1.47 bits per heavy atom. The highest BCUT2D eigenvalue weighted by Crippen LogP contribution is 2.41. The average molecular weight is 207 g/mol. The minimum Gasteiger partial charge on any atom is -0.405 e. The topological polar surface area (TPSA) is 26.0 Å². The minimum absolute atomic E-state index is 0.225. The molecule has 0 saturated heterocycles. The second kappa shape index (κ2) is 4.87. The van der Waals surface area contributed by atoms with Gasteiger partial charge in [-0.05, 0) is 54.9 Å². The summed E-state index contributed by atoms with van der Waals surface area (Å²) in [5, 5.41) is 0. The van der Waals surface area contributed by atoms with Gasteiger partial charge in [-0.3, -0.25) is 0 Å². The number of hydrogen-bond donors (Lipinski definition) is 1. The Labute approximate surface area is 94.4 Å². The van der Waals surface area contributed by atoms with Crippen LogP contribution in [0, 0.1) is 11.3 Å². The number of nitrogens with two attached hydrogens (primary N) is 1. The van der Waals surface area contributed by atoms with Crippen molar-refractivity contribution >= 4 is 0 Å². The highest BCUT2D eigenvalue weighted by atomic mass is 14.5. The van der Waals surface area contributed by atoms with E-state index in [2.05, 4.69) is 33.8 Å². The van der Waals surface area contributed by atoms with Gasteiger partial charge < -0.3 is 5.73 Å². The van der Waals surface area contributed by atoms with Crippen LogP contribution in [0.15, 0.2) is 23.4 Å². The van der Waals surface area contributed by atoms with Crippen LogP contribution in [-0.2, 0) is 0 Å². The van der Waals surface area contributed by atoms with E-state index >= 15 is 0 Å². The molecular weight excluding hydrogens is 182 g/mol. The molecule has 1 heteroatoms. The van der Waals surface area contributed by atoms with Crippen molar-refractivity contribution in [3.05, 3.63) is 23.4 Å². The van der Waals surface area contributed by atoms with E-state index < -0.39 is 0 Å². The van der Waals surface area contributed by atoms with Crippen LogP contribution in [0.3, 0.4) is 0 Å². The van der Waals surface area contributed by atoms with E-state index in [-0.39, 0.29) is 5.41 Å². The summed E-state index contributed by atoms with van der Waals surface area (Å²) >= 11 is 0. The van der Waals surface area contributed by atoms with E-state index in [1.807, 2.05) is 0 Å². The first-order valence-electron chi connectivity index (χ1n) is 6.12. The van der Waals surface area contributed by atoms with Crippen LogP contribution in [0.1, 0.15) is 53.4 Å². The maximum atomic E-state index is 5.57. The summed E-state index contributed by atoms with van der Waals surface area (Å²) in [5.41, 5.74) is 8.92. The van der Waals surface area contributed by atoms with Crippen molar-refractivity contribution < 1.29 is 0 Å². The molecule has 15 heavy (non-hydrogen) atoms. The molecule has 0 radical (unpaired) electrons. The second-order valence-electron chi connectivity index (χ2n) is 5.55. The third-order valence-electron chi connectivity index (χ3n) is 3.40. The monoisotopic (exact) mass is 207 g/mol. The Bertz CT molecular complexity index is 266. The van der Waals surface area contributed by atoms with Gasteiger partial charge in [0.15, 0.2) is 0 Å². The van der Waals surface area contributed by atoms with E-state index in [1.165, 1.54) is 31.3 Å². The molecule has 1 unspecified atom stereocenters. The fourth-order valence-corrected chi connectivity index (χ4v) is 2.66. The molecule has 0 amide bonds. The molecule has 1 aliphatic carbocycles. The normalized spacial score (nSPS) is 26.3. The van der Waals surface area contributed by atoms with Crippen molar-refractivity contribution in [3.63, 3.8) is 0 Å². The molecule has 0 spiro atoms. The lowest BCUT2D eigenvalue weighted by Gasteiger charge is -2.25. The van der Waals surface area contributed by atoms with Crippen molar-refractivity contribution in [1.82, 2.24) is 0 Å². The predicted molar refractivity (Wildman–Crippen MR) is 67.4 cm³/mol. The van der Waals surface area contributed by atoms with Crippen molar-refractivity contribution in [3.8, 4) is 0 Å². The smallest absolute Gasteiger partial charge is 0.00594 e. The number of rotatable bonds is 2. The van der Waals surface area contributed by atoms with E-state index in [1.54, 1.807) is 11.8 Å². The first kappa shape index (κ1) is 12.4. The molecule has 1 aliphatic rings. The van der Waals surface area contributed by atoms with Gasteiger partial charge in [-0.25, -0.2) is 0 Å². The van der Waals surface area contributed by atoms with Gasteiger partial charge in [-0.15, -0.1) is 0 Å². The third kappa shape index (κ3) is 2.87. The van der Waals surface area contributed by atoms with Crippen LogP contribution in [0.4, 0.5) is 0 Å². The summed E-state index contributed by atoms with van der Waals surface area (Å²) in [7, 11) is 0. The predicted octanol–water partition coefficient (Wildman–Crippen LogP) is 4.01. The summed E-state index contributed by atoms with van der Waals surface area (Å²) in [4.78, 5) is 0. The molecule has 2 N–H and O–H groups in total. The average Bonchev–Trinajstić information content (AvgIpc) is 2.59. The standard InChI is InChI=1S/C14H25N/c1-5-11-7-6-8-12(11)13(9-10-15)14(2,3)4/h9-11H,5-8,15H2,1-4H3/b10-9-,13-12+. The largest absolute Gasteiger partial charge is 0.405 e. The van der Waals surface area contributed by atoms with E-state index in [9.17, 15) is 0 Å². The van der Waals surface area contributed by atoms with Crippen molar-refractivity contribution in [2.45, 2.75) is 53.4 Å². The zero-order chi connectivity index (χ0) is 11.5. The van der Waals surface area contributed by atoms with Gasteiger partial charge in [0.1, 0.15) is 0 Å². The zero-order valence-electron chi connectivity index (χ0n) is 10.6. The first-order chi connectivity index (χ1) is 7.00. The van der Waals surface area contributed by atoms with Gasteiger partial charge in [0, 0.05) is 0 Å². The molecular formula is C14H25N. The Morgan fingerprint density at radius 2 is 2.13 bits per heavy atom. The quantitative estimate of drug-likeness (QED) is 0.727. The number of allylic oxidation sites excluding steroid dienone is 3. The van der Waals surface area contributed by atoms with E-state index in [0.717, 1.165) is 5.92 Å². The fourth-order valence-electron chi connectivity index (χ4n) is 2.66. The van der Waals surface area contributed by atoms with Crippen molar-refractivity contribution in [1.29, 1.82) is 0 Å². The summed E-state index contributed by atoms with van der Waals surface area (Å²) < 4.78 is 0. The highest BCUT2D eigenvalue weighted by molar-refractivity contribution is 5.33. The Morgan fingerprint density at radius 3 is 2.60 bits per heavy atom. The maximum absolute atomic E-state index is 5.57. The van der Waals surface area contributed by atoms with Crippen molar-refractivity contribution in [2.75, 3.05) is 0 Å². The SMILES string of the molecule is CCC1CCC/C1=C(/C=C\N)C(C)(C)C. The van der Waals surface area contributed by atoms with Crippen LogP contribution >= 0.6 is 0 Å². The lowest BCUT2D eigenvalue weighted by molar-refractivity contribution is 0.496. The molecule has 0 heterocycles. The van der Waals surface area contributed by atoms with E-state index in [0.29, 0.717) is 0 Å². The Balaban J connectivity index is 3.09. The van der Waals surface area contributed by atoms with E-state index in [4.69, 9.17) is 5.73 Å². The Hall–Kier alpha value is -0.720. The second-order valence-corrected chi connectivity index (χ2v) is 5.55. The lowest BCUT2D eigenvalue weighted by atomic mass is 9.80. The molecule has 1 nitrogen and oxygen atoms in total. The summed E-state index contributed by atoms with van der Waals surface area (Å²) in [6, 6.07) is 0. The van der Waals surface area contributed by atoms with Crippen LogP contribution in [0.5, 0.6) is 0 Å².